The van der Waals surface area contributed by atoms with Crippen LogP contribution < -0.4 is 5.32 Å². The van der Waals surface area contributed by atoms with Gasteiger partial charge in [-0.25, -0.2) is 0 Å². The number of carbonyl (C=O) groups is 2. The summed E-state index contributed by atoms with van der Waals surface area (Å²) in [6.07, 6.45) is 0. The molecule has 0 unspecified atom stereocenters. The molecule has 23 heavy (non-hydrogen) atoms. The van der Waals surface area contributed by atoms with E-state index in [9.17, 15) is 9.59 Å². The van der Waals surface area contributed by atoms with Crippen LogP contribution in [0.5, 0.6) is 0 Å². The average molecular weight is 319 g/mol. The van der Waals surface area contributed by atoms with Gasteiger partial charge in [0, 0.05) is 25.2 Å². The van der Waals surface area contributed by atoms with Crippen LogP contribution in [0.4, 0.5) is 0 Å². The molecule has 0 aliphatic heterocycles. The molecule has 2 amide bonds. The van der Waals surface area contributed by atoms with Crippen molar-refractivity contribution in [2.24, 2.45) is 0 Å². The van der Waals surface area contributed by atoms with Crippen molar-refractivity contribution in [1.29, 1.82) is 0 Å². The molecular weight excluding hydrogens is 290 g/mol. The van der Waals surface area contributed by atoms with Crippen molar-refractivity contribution in [3.05, 3.63) is 35.4 Å². The Hall–Kier alpha value is -1.88. The zero-order chi connectivity index (χ0) is 17.2. The summed E-state index contributed by atoms with van der Waals surface area (Å²) in [7, 11) is 0. The smallest absolute Gasteiger partial charge is 0.253 e. The quantitative estimate of drug-likeness (QED) is 0.758. The molecule has 1 aromatic rings. The normalized spacial score (nSPS) is 10.7. The van der Waals surface area contributed by atoms with E-state index in [0.717, 1.165) is 18.7 Å². The Morgan fingerprint density at radius 2 is 1.48 bits per heavy atom. The number of likely N-dealkylation sites (N-methyl/N-ethyl adjacent to an activating group) is 1. The number of nitrogens with one attached hydrogen (secondary N) is 1. The van der Waals surface area contributed by atoms with Gasteiger partial charge in [0.2, 0.25) is 5.91 Å². The highest BCUT2D eigenvalue weighted by Gasteiger charge is 2.12. The maximum Gasteiger partial charge on any atom is 0.253 e. The van der Waals surface area contributed by atoms with Gasteiger partial charge in [0.25, 0.3) is 5.91 Å². The molecule has 1 rings (SSSR count). The first kappa shape index (κ1) is 19.2. The summed E-state index contributed by atoms with van der Waals surface area (Å²) in [5.41, 5.74) is 1.68. The third-order valence-corrected chi connectivity index (χ3v) is 4.00. The Morgan fingerprint density at radius 1 is 0.913 bits per heavy atom. The molecule has 0 aliphatic rings. The molecule has 0 heterocycles. The first-order chi connectivity index (χ1) is 11.0. The van der Waals surface area contributed by atoms with Crippen LogP contribution in [-0.2, 0) is 11.3 Å². The van der Waals surface area contributed by atoms with Crippen LogP contribution in [0.2, 0.25) is 0 Å². The van der Waals surface area contributed by atoms with Crippen LogP contribution in [0.15, 0.2) is 24.3 Å². The van der Waals surface area contributed by atoms with Crippen molar-refractivity contribution in [2.45, 2.75) is 34.2 Å². The topological polar surface area (TPSA) is 52.7 Å². The molecular formula is C18H29N3O2. The van der Waals surface area contributed by atoms with Crippen molar-refractivity contribution in [1.82, 2.24) is 15.1 Å². The SMILES string of the molecule is CCN(CC)CC(=O)NCc1ccc(C(=O)N(CC)CC)cc1. The third-order valence-electron chi connectivity index (χ3n) is 4.00. The van der Waals surface area contributed by atoms with E-state index in [4.69, 9.17) is 0 Å². The fourth-order valence-corrected chi connectivity index (χ4v) is 2.37. The summed E-state index contributed by atoms with van der Waals surface area (Å²) in [6.45, 7) is 12.1. The summed E-state index contributed by atoms with van der Waals surface area (Å²) in [5.74, 6) is 0.0733. The molecule has 0 aliphatic carbocycles. The standard InChI is InChI=1S/C18H29N3O2/c1-5-20(6-2)14-17(22)19-13-15-9-11-16(12-10-15)18(23)21(7-3)8-4/h9-12H,5-8,13-14H2,1-4H3,(H,19,22). The molecule has 0 bridgehead atoms. The lowest BCUT2D eigenvalue weighted by Gasteiger charge is -2.19. The van der Waals surface area contributed by atoms with E-state index in [1.807, 2.05) is 52.0 Å². The first-order valence-electron chi connectivity index (χ1n) is 8.42. The van der Waals surface area contributed by atoms with Crippen molar-refractivity contribution in [3.63, 3.8) is 0 Å². The van der Waals surface area contributed by atoms with Gasteiger partial charge in [0.15, 0.2) is 0 Å². The largest absolute Gasteiger partial charge is 0.351 e. The maximum atomic E-state index is 12.2. The Morgan fingerprint density at radius 3 is 1.96 bits per heavy atom. The molecule has 0 fully saturated rings. The van der Waals surface area contributed by atoms with E-state index in [0.29, 0.717) is 31.7 Å². The molecule has 128 valence electrons. The van der Waals surface area contributed by atoms with E-state index < -0.39 is 0 Å². The van der Waals surface area contributed by atoms with Crippen molar-refractivity contribution >= 4 is 11.8 Å². The molecule has 0 aromatic heterocycles. The summed E-state index contributed by atoms with van der Waals surface area (Å²) >= 11 is 0. The predicted molar refractivity (Wildman–Crippen MR) is 93.3 cm³/mol. The first-order valence-corrected chi connectivity index (χ1v) is 8.42. The Labute approximate surface area is 139 Å². The lowest BCUT2D eigenvalue weighted by Crippen LogP contribution is -2.36. The highest BCUT2D eigenvalue weighted by atomic mass is 16.2. The predicted octanol–water partition coefficient (Wildman–Crippen LogP) is 2.13. The molecule has 0 saturated carbocycles. The van der Waals surface area contributed by atoms with E-state index in [-0.39, 0.29) is 11.8 Å². The van der Waals surface area contributed by atoms with Crippen LogP contribution in [0.3, 0.4) is 0 Å². The second-order valence-electron chi connectivity index (χ2n) is 5.41. The molecule has 1 aromatic carbocycles. The fraction of sp³-hybridized carbons (Fsp3) is 0.556. The number of carbonyl (C=O) groups excluding carboxylic acids is 2. The summed E-state index contributed by atoms with van der Waals surface area (Å²) in [6, 6.07) is 7.45. The number of benzene rings is 1. The van der Waals surface area contributed by atoms with Crippen LogP contribution in [0.25, 0.3) is 0 Å². The maximum absolute atomic E-state index is 12.2. The van der Waals surface area contributed by atoms with Gasteiger partial charge in [-0.15, -0.1) is 0 Å². The van der Waals surface area contributed by atoms with Crippen molar-refractivity contribution in [2.75, 3.05) is 32.7 Å². The Bertz CT molecular complexity index is 491. The third kappa shape index (κ3) is 6.02. The van der Waals surface area contributed by atoms with Gasteiger partial charge in [0.1, 0.15) is 0 Å². The number of amides is 2. The monoisotopic (exact) mass is 319 g/mol. The number of hydrogen-bond donors (Lipinski definition) is 1. The number of rotatable bonds is 9. The van der Waals surface area contributed by atoms with Crippen LogP contribution in [0.1, 0.15) is 43.6 Å². The van der Waals surface area contributed by atoms with Gasteiger partial charge < -0.3 is 10.2 Å². The number of hydrogen-bond acceptors (Lipinski definition) is 3. The highest BCUT2D eigenvalue weighted by Crippen LogP contribution is 2.08. The molecule has 5 heteroatoms. The summed E-state index contributed by atoms with van der Waals surface area (Å²) < 4.78 is 0. The van der Waals surface area contributed by atoms with Gasteiger partial charge >= 0.3 is 0 Å². The minimum Gasteiger partial charge on any atom is -0.351 e. The fourth-order valence-electron chi connectivity index (χ4n) is 2.37. The molecule has 1 N–H and O–H groups in total. The van der Waals surface area contributed by atoms with Gasteiger partial charge in [-0.2, -0.15) is 0 Å². The van der Waals surface area contributed by atoms with Crippen LogP contribution >= 0.6 is 0 Å². The highest BCUT2D eigenvalue weighted by molar-refractivity contribution is 5.94. The van der Waals surface area contributed by atoms with E-state index in [1.54, 1.807) is 4.90 Å². The van der Waals surface area contributed by atoms with E-state index in [1.165, 1.54) is 0 Å². The molecule has 0 saturated heterocycles. The van der Waals surface area contributed by atoms with Crippen LogP contribution in [-0.4, -0.2) is 54.3 Å². The van der Waals surface area contributed by atoms with Gasteiger partial charge in [0.05, 0.1) is 6.54 Å². The number of nitrogens with zero attached hydrogens (tertiary/aromatic N) is 2. The second-order valence-corrected chi connectivity index (χ2v) is 5.41. The van der Waals surface area contributed by atoms with Gasteiger partial charge in [-0.05, 0) is 44.6 Å². The van der Waals surface area contributed by atoms with Crippen LogP contribution in [0, 0.1) is 0 Å². The average Bonchev–Trinajstić information content (AvgIpc) is 2.59. The van der Waals surface area contributed by atoms with E-state index in [2.05, 4.69) is 10.2 Å². The Kier molecular flexibility index (Phi) is 8.33. The van der Waals surface area contributed by atoms with Crippen molar-refractivity contribution in [3.8, 4) is 0 Å². The molecule has 0 radical (unpaired) electrons. The second kappa shape index (κ2) is 10.0. The lowest BCUT2D eigenvalue weighted by molar-refractivity contribution is -0.122. The van der Waals surface area contributed by atoms with E-state index >= 15 is 0 Å². The molecule has 5 nitrogen and oxygen atoms in total. The van der Waals surface area contributed by atoms with Gasteiger partial charge in [-0.1, -0.05) is 26.0 Å². The van der Waals surface area contributed by atoms with Gasteiger partial charge in [-0.3, -0.25) is 14.5 Å². The summed E-state index contributed by atoms with van der Waals surface area (Å²) in [4.78, 5) is 28.0. The lowest BCUT2D eigenvalue weighted by atomic mass is 10.1. The minimum atomic E-state index is 0.0250. The zero-order valence-corrected chi connectivity index (χ0v) is 14.8. The minimum absolute atomic E-state index is 0.0250. The zero-order valence-electron chi connectivity index (χ0n) is 14.8. The molecule has 0 spiro atoms. The molecule has 0 atom stereocenters. The van der Waals surface area contributed by atoms with Crippen molar-refractivity contribution < 1.29 is 9.59 Å². The summed E-state index contributed by atoms with van der Waals surface area (Å²) in [5, 5.41) is 2.92. The Balaban J connectivity index is 2.54.